The summed E-state index contributed by atoms with van der Waals surface area (Å²) in [5.41, 5.74) is 0.982. The summed E-state index contributed by atoms with van der Waals surface area (Å²) in [4.78, 5) is 11.8. The molecule has 0 fully saturated rings. The van der Waals surface area contributed by atoms with Crippen molar-refractivity contribution < 1.29 is 17.9 Å². The average molecular weight is 447 g/mol. The topological polar surface area (TPSA) is 63.7 Å². The maximum absolute atomic E-state index is 12.8. The molecule has 5 nitrogen and oxygen atoms in total. The lowest BCUT2D eigenvalue weighted by Gasteiger charge is -2.19. The van der Waals surface area contributed by atoms with E-state index in [2.05, 4.69) is 15.9 Å². The van der Waals surface area contributed by atoms with E-state index < -0.39 is 16.0 Å². The molecule has 8 heteroatoms. The zero-order valence-corrected chi connectivity index (χ0v) is 16.9. The van der Waals surface area contributed by atoms with Crippen molar-refractivity contribution in [3.63, 3.8) is 0 Å². The van der Waals surface area contributed by atoms with E-state index in [9.17, 15) is 13.2 Å². The van der Waals surface area contributed by atoms with Gasteiger partial charge in [0.15, 0.2) is 0 Å². The van der Waals surface area contributed by atoms with Crippen molar-refractivity contribution in [3.8, 4) is 0 Å². The van der Waals surface area contributed by atoms with Crippen molar-refractivity contribution >= 4 is 43.5 Å². The first kappa shape index (κ1) is 19.9. The second kappa shape index (κ2) is 8.31. The van der Waals surface area contributed by atoms with Gasteiger partial charge in [0.05, 0.1) is 17.1 Å². The third-order valence-corrected chi connectivity index (χ3v) is 6.63. The van der Waals surface area contributed by atoms with E-state index >= 15 is 0 Å². The van der Waals surface area contributed by atoms with Gasteiger partial charge in [0.2, 0.25) is 10.0 Å². The zero-order valence-electron chi connectivity index (χ0n) is 13.7. The first-order valence-corrected chi connectivity index (χ1v) is 10.0. The van der Waals surface area contributed by atoms with Gasteiger partial charge in [0, 0.05) is 23.1 Å². The molecule has 25 heavy (non-hydrogen) atoms. The fraction of sp³-hybridized carbons (Fsp3) is 0.235. The van der Waals surface area contributed by atoms with Crippen LogP contribution in [0.4, 0.5) is 0 Å². The van der Waals surface area contributed by atoms with Crippen molar-refractivity contribution in [2.45, 2.75) is 18.4 Å². The summed E-state index contributed by atoms with van der Waals surface area (Å²) in [6, 6.07) is 11.3. The van der Waals surface area contributed by atoms with Crippen LogP contribution in [0.15, 0.2) is 51.8 Å². The Bertz CT molecular complexity index is 886. The predicted octanol–water partition coefficient (Wildman–Crippen LogP) is 4.10. The van der Waals surface area contributed by atoms with E-state index in [1.165, 1.54) is 29.6 Å². The highest BCUT2D eigenvalue weighted by Gasteiger charge is 2.25. The zero-order chi connectivity index (χ0) is 18.6. The maximum Gasteiger partial charge on any atom is 0.338 e. The Labute approximate surface area is 160 Å². The lowest BCUT2D eigenvalue weighted by Crippen LogP contribution is -2.27. The first-order chi connectivity index (χ1) is 11.8. The molecule has 0 bridgehead atoms. The van der Waals surface area contributed by atoms with Crippen LogP contribution in [-0.4, -0.2) is 32.3 Å². The van der Waals surface area contributed by atoms with E-state index in [1.54, 1.807) is 31.2 Å². The molecule has 0 unspecified atom stereocenters. The number of hydrogen-bond acceptors (Lipinski definition) is 4. The number of benzene rings is 2. The van der Waals surface area contributed by atoms with Crippen LogP contribution in [0.2, 0.25) is 5.02 Å². The molecule has 0 saturated heterocycles. The van der Waals surface area contributed by atoms with Crippen molar-refractivity contribution in [1.29, 1.82) is 0 Å². The van der Waals surface area contributed by atoms with Crippen LogP contribution in [0.5, 0.6) is 0 Å². The van der Waals surface area contributed by atoms with Crippen molar-refractivity contribution in [1.82, 2.24) is 4.31 Å². The van der Waals surface area contributed by atoms with Crippen LogP contribution in [0, 0.1) is 0 Å². The quantitative estimate of drug-likeness (QED) is 0.627. The summed E-state index contributed by atoms with van der Waals surface area (Å²) in [6.07, 6.45) is 0. The number of hydrogen-bond donors (Lipinski definition) is 0. The van der Waals surface area contributed by atoms with Gasteiger partial charge in [-0.1, -0.05) is 29.8 Å². The Hall–Kier alpha value is -1.41. The molecule has 2 aromatic carbocycles. The largest absolute Gasteiger partial charge is 0.462 e. The van der Waals surface area contributed by atoms with Gasteiger partial charge in [-0.25, -0.2) is 13.2 Å². The molecule has 0 atom stereocenters. The Morgan fingerprint density at radius 2 is 1.92 bits per heavy atom. The van der Waals surface area contributed by atoms with E-state index in [0.29, 0.717) is 15.1 Å². The summed E-state index contributed by atoms with van der Waals surface area (Å²) in [5, 5.41) is 0.501. The molecule has 0 aliphatic rings. The van der Waals surface area contributed by atoms with E-state index in [4.69, 9.17) is 16.3 Å². The third-order valence-electron chi connectivity index (χ3n) is 3.48. The van der Waals surface area contributed by atoms with Crippen LogP contribution < -0.4 is 0 Å². The monoisotopic (exact) mass is 445 g/mol. The number of ether oxygens (including phenoxy) is 1. The molecule has 0 heterocycles. The Morgan fingerprint density at radius 3 is 2.52 bits per heavy atom. The molecule has 2 rings (SSSR count). The molecule has 0 spiro atoms. The van der Waals surface area contributed by atoms with Crippen LogP contribution in [-0.2, 0) is 21.3 Å². The van der Waals surface area contributed by atoms with Gasteiger partial charge in [-0.15, -0.1) is 0 Å². The van der Waals surface area contributed by atoms with Gasteiger partial charge in [0.25, 0.3) is 0 Å². The minimum atomic E-state index is -3.76. The van der Waals surface area contributed by atoms with Crippen molar-refractivity contribution in [2.24, 2.45) is 0 Å². The van der Waals surface area contributed by atoms with Gasteiger partial charge in [0.1, 0.15) is 0 Å². The van der Waals surface area contributed by atoms with Crippen molar-refractivity contribution in [2.75, 3.05) is 13.7 Å². The van der Waals surface area contributed by atoms with Crippen LogP contribution in [0.25, 0.3) is 0 Å². The molecule has 0 amide bonds. The van der Waals surface area contributed by atoms with Crippen LogP contribution in [0.1, 0.15) is 22.8 Å². The number of sulfonamides is 1. The number of carbonyl (C=O) groups is 1. The Kier molecular flexibility index (Phi) is 6.62. The molecular formula is C17H17BrClNO4S. The summed E-state index contributed by atoms with van der Waals surface area (Å²) in [7, 11) is -2.29. The van der Waals surface area contributed by atoms with Crippen LogP contribution in [0.3, 0.4) is 0 Å². The Morgan fingerprint density at radius 1 is 1.24 bits per heavy atom. The van der Waals surface area contributed by atoms with Gasteiger partial charge >= 0.3 is 5.97 Å². The Balaban J connectivity index is 2.29. The summed E-state index contributed by atoms with van der Waals surface area (Å²) in [6.45, 7) is 2.08. The lowest BCUT2D eigenvalue weighted by molar-refractivity contribution is 0.0526. The second-order valence-electron chi connectivity index (χ2n) is 5.22. The second-order valence-corrected chi connectivity index (χ2v) is 8.49. The molecule has 0 aliphatic carbocycles. The lowest BCUT2D eigenvalue weighted by atomic mass is 10.2. The van der Waals surface area contributed by atoms with Gasteiger partial charge in [-0.2, -0.15) is 4.31 Å². The van der Waals surface area contributed by atoms with E-state index in [0.717, 1.165) is 0 Å². The summed E-state index contributed by atoms with van der Waals surface area (Å²) >= 11 is 9.33. The molecule has 0 N–H and O–H groups in total. The number of halogens is 2. The number of esters is 1. The molecule has 0 aliphatic heterocycles. The number of carbonyl (C=O) groups excluding carboxylic acids is 1. The highest BCUT2D eigenvalue weighted by Crippen LogP contribution is 2.27. The van der Waals surface area contributed by atoms with Gasteiger partial charge in [-0.05, 0) is 52.7 Å². The fourth-order valence-electron chi connectivity index (χ4n) is 2.17. The molecule has 134 valence electrons. The third kappa shape index (κ3) is 4.61. The standard InChI is InChI=1S/C17H17BrClNO4S/c1-3-24-17(21)12-8-9-16(14(18)10-12)25(22,23)20(2)11-13-6-4-5-7-15(13)19/h4-10H,3,11H2,1-2H3. The molecule has 0 radical (unpaired) electrons. The number of rotatable bonds is 6. The average Bonchev–Trinajstić information content (AvgIpc) is 2.56. The molecule has 2 aromatic rings. The van der Waals surface area contributed by atoms with Gasteiger partial charge in [-0.3, -0.25) is 0 Å². The van der Waals surface area contributed by atoms with Crippen LogP contribution >= 0.6 is 27.5 Å². The minimum Gasteiger partial charge on any atom is -0.462 e. The van der Waals surface area contributed by atoms with E-state index in [1.807, 2.05) is 0 Å². The summed E-state index contributed by atoms with van der Waals surface area (Å²) in [5.74, 6) is -0.503. The van der Waals surface area contributed by atoms with Gasteiger partial charge < -0.3 is 4.74 Å². The van der Waals surface area contributed by atoms with Crippen molar-refractivity contribution in [3.05, 3.63) is 63.1 Å². The SMILES string of the molecule is CCOC(=O)c1ccc(S(=O)(=O)N(C)Cc2ccccc2Cl)c(Br)c1. The smallest absolute Gasteiger partial charge is 0.338 e. The molecule has 0 saturated carbocycles. The molecule has 0 aromatic heterocycles. The highest BCUT2D eigenvalue weighted by atomic mass is 79.9. The highest BCUT2D eigenvalue weighted by molar-refractivity contribution is 9.10. The normalized spacial score (nSPS) is 11.6. The predicted molar refractivity (Wildman–Crippen MR) is 100 cm³/mol. The maximum atomic E-state index is 12.8. The number of nitrogens with zero attached hydrogens (tertiary/aromatic N) is 1. The van der Waals surface area contributed by atoms with E-state index in [-0.39, 0.29) is 23.6 Å². The fourth-order valence-corrected chi connectivity index (χ4v) is 4.55. The summed E-state index contributed by atoms with van der Waals surface area (Å²) < 4.78 is 32.0. The molecular weight excluding hydrogens is 430 g/mol. The minimum absolute atomic E-state index is 0.0649. The first-order valence-electron chi connectivity index (χ1n) is 7.43.